The summed E-state index contributed by atoms with van der Waals surface area (Å²) >= 11 is 1.54. The molecule has 0 aromatic heterocycles. The molecular weight excluding hydrogens is 494 g/mol. The van der Waals surface area contributed by atoms with E-state index < -0.39 is 33.4 Å². The highest BCUT2D eigenvalue weighted by Crippen LogP contribution is 2.65. The molecule has 1 spiro atoms. The van der Waals surface area contributed by atoms with Crippen LogP contribution in [0.1, 0.15) is 27.2 Å². The third-order valence-electron chi connectivity index (χ3n) is 8.64. The molecular formula is C27H39N3O6S. The molecule has 0 bridgehead atoms. The van der Waals surface area contributed by atoms with Crippen molar-refractivity contribution in [2.45, 2.75) is 48.8 Å². The summed E-state index contributed by atoms with van der Waals surface area (Å²) in [4.78, 5) is 47.8. The molecule has 5 aliphatic heterocycles. The normalized spacial score (nSPS) is 37.1. The molecule has 3 fully saturated rings. The van der Waals surface area contributed by atoms with E-state index in [1.807, 2.05) is 50.0 Å². The van der Waals surface area contributed by atoms with Gasteiger partial charge >= 0.3 is 5.97 Å². The van der Waals surface area contributed by atoms with Gasteiger partial charge in [-0.25, -0.2) is 0 Å². The maximum atomic E-state index is 14.4. The number of hydrogen-bond donors (Lipinski definition) is 1. The molecule has 5 heterocycles. The highest BCUT2D eigenvalue weighted by molar-refractivity contribution is 8.02. The van der Waals surface area contributed by atoms with E-state index in [9.17, 15) is 19.5 Å². The Morgan fingerprint density at radius 3 is 2.51 bits per heavy atom. The fraction of sp³-hybridized carbons (Fsp3) is 0.741. The molecule has 0 aliphatic carbocycles. The van der Waals surface area contributed by atoms with Crippen molar-refractivity contribution in [3.63, 3.8) is 0 Å². The van der Waals surface area contributed by atoms with E-state index in [0.717, 1.165) is 19.6 Å². The Labute approximate surface area is 223 Å². The summed E-state index contributed by atoms with van der Waals surface area (Å²) in [7, 11) is 0. The molecule has 3 saturated heterocycles. The minimum absolute atomic E-state index is 0.0628. The van der Waals surface area contributed by atoms with Gasteiger partial charge in [0.25, 0.3) is 0 Å². The number of aliphatic hydroxyl groups is 1. The lowest BCUT2D eigenvalue weighted by atomic mass is 9.74. The van der Waals surface area contributed by atoms with E-state index in [0.29, 0.717) is 32.7 Å². The molecule has 0 aromatic rings. The van der Waals surface area contributed by atoms with Crippen LogP contribution in [0.15, 0.2) is 24.3 Å². The van der Waals surface area contributed by atoms with Crippen molar-refractivity contribution in [3.8, 4) is 0 Å². The number of rotatable bonds is 6. The van der Waals surface area contributed by atoms with Crippen LogP contribution in [0.3, 0.4) is 0 Å². The number of carbonyl (C=O) groups excluding carboxylic acids is 3. The first-order chi connectivity index (χ1) is 17.7. The molecule has 9 nitrogen and oxygen atoms in total. The summed E-state index contributed by atoms with van der Waals surface area (Å²) in [6.45, 7) is 10.7. The summed E-state index contributed by atoms with van der Waals surface area (Å²) in [5, 5.41) is 10.4. The monoisotopic (exact) mass is 533 g/mol. The van der Waals surface area contributed by atoms with Gasteiger partial charge in [-0.2, -0.15) is 0 Å². The second kappa shape index (κ2) is 10.4. The van der Waals surface area contributed by atoms with Gasteiger partial charge in [-0.1, -0.05) is 38.2 Å². The van der Waals surface area contributed by atoms with Gasteiger partial charge in [-0.15, -0.1) is 11.8 Å². The number of nitrogens with zero attached hydrogens (tertiary/aromatic N) is 3. The van der Waals surface area contributed by atoms with Gasteiger partial charge in [0.2, 0.25) is 11.8 Å². The zero-order valence-electron chi connectivity index (χ0n) is 22.0. The molecule has 204 valence electrons. The Kier molecular flexibility index (Phi) is 7.48. The highest BCUT2D eigenvalue weighted by Gasteiger charge is 2.74. The Hall–Kier alpha value is -1.88. The summed E-state index contributed by atoms with van der Waals surface area (Å²) in [6, 6.07) is -1.33. The maximum Gasteiger partial charge on any atom is 0.311 e. The minimum Gasteiger partial charge on any atom is -0.465 e. The van der Waals surface area contributed by atoms with E-state index in [-0.39, 0.29) is 36.9 Å². The van der Waals surface area contributed by atoms with Gasteiger partial charge in [-0.3, -0.25) is 19.3 Å². The van der Waals surface area contributed by atoms with E-state index in [2.05, 4.69) is 4.90 Å². The third-order valence-corrected chi connectivity index (χ3v) is 10.4. The number of aliphatic hydroxyl groups excluding tert-OH is 1. The summed E-state index contributed by atoms with van der Waals surface area (Å²) in [5.74, 6) is -2.25. The van der Waals surface area contributed by atoms with Crippen molar-refractivity contribution < 1.29 is 29.0 Å². The van der Waals surface area contributed by atoms with Crippen molar-refractivity contribution in [1.29, 1.82) is 0 Å². The molecule has 6 atom stereocenters. The Morgan fingerprint density at radius 2 is 1.81 bits per heavy atom. The van der Waals surface area contributed by atoms with E-state index >= 15 is 0 Å². The van der Waals surface area contributed by atoms with Crippen molar-refractivity contribution in [2.24, 2.45) is 17.8 Å². The lowest BCUT2D eigenvalue weighted by Crippen LogP contribution is -2.58. The van der Waals surface area contributed by atoms with Crippen LogP contribution in [0.25, 0.3) is 0 Å². The third kappa shape index (κ3) is 4.43. The van der Waals surface area contributed by atoms with Crippen LogP contribution >= 0.6 is 11.8 Å². The number of carbonyl (C=O) groups is 3. The van der Waals surface area contributed by atoms with Crippen LogP contribution in [0.4, 0.5) is 0 Å². The molecule has 2 amide bonds. The number of esters is 1. The fourth-order valence-corrected chi connectivity index (χ4v) is 8.88. The van der Waals surface area contributed by atoms with Crippen LogP contribution in [0.5, 0.6) is 0 Å². The Balaban J connectivity index is 1.55. The second-order valence-corrected chi connectivity index (χ2v) is 13.0. The molecule has 5 rings (SSSR count). The number of cyclic esters (lactones) is 1. The average molecular weight is 534 g/mol. The number of ether oxygens (including phenoxy) is 2. The SMILES string of the molecule is CC(C)[C@H](CO)N1C(=O)[C@@H]2[C@H]3C(=O)OCCC=C[C@@]3(C)S[C@@]23C=CCN(CCN2CCOCC2)C(=O)C13. The first-order valence-electron chi connectivity index (χ1n) is 13.5. The number of likely N-dealkylation sites (tertiary alicyclic amines) is 1. The lowest BCUT2D eigenvalue weighted by Gasteiger charge is -2.41. The number of morpholine rings is 1. The van der Waals surface area contributed by atoms with Gasteiger partial charge in [0.15, 0.2) is 0 Å². The summed E-state index contributed by atoms with van der Waals surface area (Å²) < 4.78 is 9.45. The smallest absolute Gasteiger partial charge is 0.311 e. The topological polar surface area (TPSA) is 99.6 Å². The van der Waals surface area contributed by atoms with Crippen molar-refractivity contribution >= 4 is 29.5 Å². The van der Waals surface area contributed by atoms with Crippen LogP contribution in [0, 0.1) is 17.8 Å². The second-order valence-electron chi connectivity index (χ2n) is 11.2. The minimum atomic E-state index is -0.919. The molecule has 0 radical (unpaired) electrons. The number of thioether (sulfide) groups is 1. The van der Waals surface area contributed by atoms with Crippen molar-refractivity contribution in [1.82, 2.24) is 14.7 Å². The molecule has 10 heteroatoms. The average Bonchev–Trinajstić information content (AvgIpc) is 3.18. The van der Waals surface area contributed by atoms with E-state index in [1.165, 1.54) is 0 Å². The van der Waals surface area contributed by atoms with Crippen LogP contribution in [-0.4, -0.2) is 118 Å². The predicted octanol–water partition coefficient (Wildman–Crippen LogP) is 0.925. The summed E-state index contributed by atoms with van der Waals surface area (Å²) in [6.07, 6.45) is 8.69. The zero-order valence-corrected chi connectivity index (χ0v) is 22.8. The largest absolute Gasteiger partial charge is 0.465 e. The Morgan fingerprint density at radius 1 is 1.05 bits per heavy atom. The predicted molar refractivity (Wildman–Crippen MR) is 140 cm³/mol. The molecule has 1 unspecified atom stereocenters. The van der Waals surface area contributed by atoms with Gasteiger partial charge in [-0.05, 0) is 19.3 Å². The van der Waals surface area contributed by atoms with Crippen LogP contribution < -0.4 is 0 Å². The molecule has 0 aromatic carbocycles. The van der Waals surface area contributed by atoms with E-state index in [1.54, 1.807) is 16.7 Å². The first-order valence-corrected chi connectivity index (χ1v) is 14.3. The molecule has 37 heavy (non-hydrogen) atoms. The maximum absolute atomic E-state index is 14.4. The van der Waals surface area contributed by atoms with Crippen LogP contribution in [0.2, 0.25) is 0 Å². The van der Waals surface area contributed by atoms with Gasteiger partial charge in [0.1, 0.15) is 6.04 Å². The number of fused-ring (bicyclic) bond motifs is 2. The fourth-order valence-electron chi connectivity index (χ4n) is 6.74. The Bertz CT molecular complexity index is 981. The standard InChI is InChI=1S/C27H39N3O6S/c1-18(2)19(17-31)30-22-24(33)29(11-10-28-12-15-35-16-13-28)9-6-8-27(22)20(23(30)32)21-25(34)36-14-5-4-7-26(21,3)37-27/h4,6-8,18-22,31H,5,9-17H2,1-3H3/t19-,20-,21-,22?,26+,27-/m0/s1. The molecule has 0 saturated carbocycles. The number of amides is 2. The van der Waals surface area contributed by atoms with E-state index in [4.69, 9.17) is 9.47 Å². The number of hydrogen-bond acceptors (Lipinski definition) is 8. The lowest BCUT2D eigenvalue weighted by molar-refractivity contribution is -0.155. The molecule has 5 aliphatic rings. The van der Waals surface area contributed by atoms with Crippen molar-refractivity contribution in [3.05, 3.63) is 24.3 Å². The highest BCUT2D eigenvalue weighted by atomic mass is 32.2. The van der Waals surface area contributed by atoms with Gasteiger partial charge in [0.05, 0.1) is 49.1 Å². The van der Waals surface area contributed by atoms with Crippen molar-refractivity contribution in [2.75, 3.05) is 59.2 Å². The zero-order chi connectivity index (χ0) is 26.4. The summed E-state index contributed by atoms with van der Waals surface area (Å²) in [5.41, 5.74) is 0. The van der Waals surface area contributed by atoms with Gasteiger partial charge < -0.3 is 24.4 Å². The molecule has 1 N–H and O–H groups in total. The quantitative estimate of drug-likeness (QED) is 0.398. The van der Waals surface area contributed by atoms with Gasteiger partial charge in [0, 0.05) is 37.5 Å². The van der Waals surface area contributed by atoms with Crippen LogP contribution in [-0.2, 0) is 23.9 Å². The first kappa shape index (κ1) is 26.7.